The van der Waals surface area contributed by atoms with Gasteiger partial charge in [-0.2, -0.15) is 5.26 Å². The molecular weight excluding hydrogens is 1090 g/mol. The summed E-state index contributed by atoms with van der Waals surface area (Å²) in [5.74, 6) is 5.97. The first-order valence-corrected chi connectivity index (χ1v) is 33.3. The Labute approximate surface area is 511 Å². The maximum absolute atomic E-state index is 14.5. The van der Waals surface area contributed by atoms with Gasteiger partial charge in [0.1, 0.15) is 30.3 Å². The topological polar surface area (TPSA) is 150 Å². The Morgan fingerprint density at radius 3 is 2.08 bits per heavy atom. The number of carbonyl (C=O) groups is 2. The van der Waals surface area contributed by atoms with Crippen molar-refractivity contribution in [3.05, 3.63) is 107 Å². The summed E-state index contributed by atoms with van der Waals surface area (Å²) in [6.45, 7) is 22.6. The van der Waals surface area contributed by atoms with Crippen molar-refractivity contribution in [3.63, 3.8) is 0 Å². The number of rotatable bonds is 32. The standard InChI is InChI=1S/C70H103N4O10P/c1-49(2)17-15-18-52(7)63-31-32-64-62-30-25-56-43-60(33-35-68(56,8)65(62)34-36-69(63,64)9)81-47-66(75)72-38-40-79-41-42-80-48-67(76)73-45-61(44-57(73)46-83-85(82-39-16-37-71)74(50(3)4)51(5)6)84-70(53-19-13-12-14-20-53,54-21-26-58(77-10)27-22-54)55-23-28-59(78-11)29-24-55/h12-14,19-29,49-52,57,60-65H,15-18,30-36,38-48H2,1-11H3,(H,72,75)/t52?,57-,60-,61+,62?,63?,64?,65?,68-,69+,85?/m0/s1. The van der Waals surface area contributed by atoms with Crippen molar-refractivity contribution in [2.45, 2.75) is 182 Å². The molecule has 3 saturated carbocycles. The zero-order chi connectivity index (χ0) is 60.7. The van der Waals surface area contributed by atoms with E-state index < -0.39 is 26.3 Å². The van der Waals surface area contributed by atoms with E-state index in [1.807, 2.05) is 71.6 Å². The van der Waals surface area contributed by atoms with Crippen LogP contribution >= 0.6 is 8.53 Å². The number of amides is 2. The first-order valence-electron chi connectivity index (χ1n) is 32.2. The van der Waals surface area contributed by atoms with Crippen LogP contribution in [0.4, 0.5) is 0 Å². The molecule has 15 heteroatoms. The van der Waals surface area contributed by atoms with Gasteiger partial charge in [-0.25, -0.2) is 4.67 Å². The van der Waals surface area contributed by atoms with Crippen molar-refractivity contribution in [1.82, 2.24) is 14.9 Å². The molecule has 0 aromatic heterocycles. The number of hydrogen-bond donors (Lipinski definition) is 1. The lowest BCUT2D eigenvalue weighted by molar-refractivity contribution is -0.139. The minimum absolute atomic E-state index is 0.0390. The number of carbonyl (C=O) groups excluding carboxylic acids is 2. The Morgan fingerprint density at radius 1 is 0.765 bits per heavy atom. The van der Waals surface area contributed by atoms with Crippen molar-refractivity contribution in [2.75, 3.05) is 73.6 Å². The number of nitrogens with one attached hydrogen (secondary N) is 1. The smallest absolute Gasteiger partial charge is 0.259 e. The normalized spacial score (nSPS) is 26.4. The highest BCUT2D eigenvalue weighted by Gasteiger charge is 2.59. The highest BCUT2D eigenvalue weighted by molar-refractivity contribution is 7.44. The van der Waals surface area contributed by atoms with Gasteiger partial charge in [-0.15, -0.1) is 0 Å². The molecule has 1 saturated heterocycles. The lowest BCUT2D eigenvalue weighted by Gasteiger charge is -2.58. The van der Waals surface area contributed by atoms with E-state index in [1.165, 1.54) is 51.4 Å². The second kappa shape index (κ2) is 31.2. The van der Waals surface area contributed by atoms with Gasteiger partial charge in [-0.1, -0.05) is 120 Å². The SMILES string of the molecule is COc1ccc(C(O[C@@H]2C[C@@H](COP(OCCC#N)N(C(C)C)C(C)C)N(C(=O)COCCOCCNC(=O)CO[C@H]3CC[C@@]4(C)C(=CCC5C6CCC(C(C)CCCC(C)C)[C@@]6(C)CCC54)C3)C2)(c2ccccc2)c2ccc(OC)cc2)cc1. The highest BCUT2D eigenvalue weighted by atomic mass is 31.2. The van der Waals surface area contributed by atoms with E-state index in [4.69, 9.17) is 37.5 Å². The number of ether oxygens (including phenoxy) is 6. The summed E-state index contributed by atoms with van der Waals surface area (Å²) < 4.78 is 52.1. The van der Waals surface area contributed by atoms with Crippen molar-refractivity contribution >= 4 is 20.3 Å². The summed E-state index contributed by atoms with van der Waals surface area (Å²) >= 11 is 0. The summed E-state index contributed by atoms with van der Waals surface area (Å²) in [5, 5.41) is 12.4. The third-order valence-corrected chi connectivity index (χ3v) is 22.2. The Bertz CT molecular complexity index is 2580. The van der Waals surface area contributed by atoms with E-state index >= 15 is 0 Å². The first kappa shape index (κ1) is 66.5. The second-order valence-electron chi connectivity index (χ2n) is 26.5. The average Bonchev–Trinajstić information content (AvgIpc) is 1.80. The molecule has 0 spiro atoms. The Morgan fingerprint density at radius 2 is 1.44 bits per heavy atom. The maximum atomic E-state index is 14.5. The van der Waals surface area contributed by atoms with E-state index in [0.717, 1.165) is 83.0 Å². The molecule has 468 valence electrons. The molecule has 6 unspecified atom stereocenters. The molecule has 1 N–H and O–H groups in total. The van der Waals surface area contributed by atoms with Gasteiger partial charge in [0, 0.05) is 25.2 Å². The van der Waals surface area contributed by atoms with Crippen LogP contribution in [0.2, 0.25) is 0 Å². The van der Waals surface area contributed by atoms with Crippen LogP contribution < -0.4 is 14.8 Å². The van der Waals surface area contributed by atoms with Gasteiger partial charge in [0.15, 0.2) is 0 Å². The summed E-state index contributed by atoms with van der Waals surface area (Å²) in [5.41, 5.74) is 3.89. The lowest BCUT2D eigenvalue weighted by atomic mass is 9.47. The van der Waals surface area contributed by atoms with Crippen LogP contribution in [0.15, 0.2) is 90.5 Å². The molecule has 8 rings (SSSR count). The number of methoxy groups -OCH3 is 2. The number of nitrogens with zero attached hydrogens (tertiary/aromatic N) is 3. The molecule has 0 bridgehead atoms. The molecule has 0 radical (unpaired) electrons. The Kier molecular flexibility index (Phi) is 24.4. The lowest BCUT2D eigenvalue weighted by Crippen LogP contribution is -2.51. The van der Waals surface area contributed by atoms with Crippen molar-refractivity contribution in [3.8, 4) is 17.6 Å². The highest BCUT2D eigenvalue weighted by Crippen LogP contribution is 2.67. The molecule has 11 atom stereocenters. The molecular formula is C70H103N4O10P. The van der Waals surface area contributed by atoms with Gasteiger partial charge in [0.05, 0.1) is 78.0 Å². The minimum Gasteiger partial charge on any atom is -0.497 e. The predicted molar refractivity (Wildman–Crippen MR) is 336 cm³/mol. The number of hydrogen-bond acceptors (Lipinski definition) is 12. The van der Waals surface area contributed by atoms with Crippen LogP contribution in [0.5, 0.6) is 11.5 Å². The van der Waals surface area contributed by atoms with Gasteiger partial charge in [0.25, 0.3) is 8.53 Å². The number of likely N-dealkylation sites (tertiary alicyclic amines) is 1. The Balaban J connectivity index is 0.832. The average molecular weight is 1190 g/mol. The molecule has 1 aliphatic heterocycles. The van der Waals surface area contributed by atoms with E-state index in [9.17, 15) is 14.9 Å². The predicted octanol–water partition coefficient (Wildman–Crippen LogP) is 13.9. The van der Waals surface area contributed by atoms with Crippen molar-refractivity contribution in [1.29, 1.82) is 5.26 Å². The van der Waals surface area contributed by atoms with Gasteiger partial charge in [-0.05, 0) is 173 Å². The zero-order valence-corrected chi connectivity index (χ0v) is 54.3. The quantitative estimate of drug-likeness (QED) is 0.0274. The van der Waals surface area contributed by atoms with Crippen LogP contribution in [0.1, 0.15) is 162 Å². The largest absolute Gasteiger partial charge is 0.497 e. The molecule has 3 aromatic carbocycles. The van der Waals surface area contributed by atoms with E-state index in [0.29, 0.717) is 25.0 Å². The van der Waals surface area contributed by atoms with Gasteiger partial charge in [-0.3, -0.25) is 9.59 Å². The molecule has 5 aliphatic rings. The van der Waals surface area contributed by atoms with E-state index in [1.54, 1.807) is 19.8 Å². The van der Waals surface area contributed by atoms with Gasteiger partial charge < -0.3 is 47.7 Å². The van der Waals surface area contributed by atoms with Crippen molar-refractivity contribution in [2.24, 2.45) is 46.3 Å². The van der Waals surface area contributed by atoms with Crippen LogP contribution in [0.25, 0.3) is 0 Å². The number of allylic oxidation sites excluding steroid dienone is 1. The third kappa shape index (κ3) is 16.1. The number of nitriles is 1. The number of benzene rings is 3. The van der Waals surface area contributed by atoms with Crippen LogP contribution in [0.3, 0.4) is 0 Å². The number of fused-ring (bicyclic) bond motifs is 5. The van der Waals surface area contributed by atoms with E-state index in [-0.39, 0.29) is 88.0 Å². The monoisotopic (exact) mass is 1190 g/mol. The summed E-state index contributed by atoms with van der Waals surface area (Å²) in [6, 6.07) is 28.0. The van der Waals surface area contributed by atoms with Crippen molar-refractivity contribution < 1.29 is 47.1 Å². The third-order valence-electron chi connectivity index (χ3n) is 20.1. The summed E-state index contributed by atoms with van der Waals surface area (Å²) in [6.07, 6.45) is 16.8. The fraction of sp³-hybridized carbons (Fsp3) is 0.671. The fourth-order valence-corrected chi connectivity index (χ4v) is 17.6. The molecule has 4 fully saturated rings. The van der Waals surface area contributed by atoms with Gasteiger partial charge in [0.2, 0.25) is 11.8 Å². The molecule has 2 amide bonds. The molecule has 4 aliphatic carbocycles. The minimum atomic E-state index is -1.58. The van der Waals surface area contributed by atoms with Crippen LogP contribution in [-0.4, -0.2) is 125 Å². The fourth-order valence-electron chi connectivity index (χ4n) is 15.9. The van der Waals surface area contributed by atoms with Gasteiger partial charge >= 0.3 is 0 Å². The molecule has 85 heavy (non-hydrogen) atoms. The second-order valence-corrected chi connectivity index (χ2v) is 28.0. The Hall–Kier alpha value is -4.42. The molecule has 1 heterocycles. The maximum Gasteiger partial charge on any atom is 0.259 e. The summed E-state index contributed by atoms with van der Waals surface area (Å²) in [4.78, 5) is 29.3. The zero-order valence-electron chi connectivity index (χ0n) is 53.4. The van der Waals surface area contributed by atoms with Crippen LogP contribution in [-0.2, 0) is 43.2 Å². The molecule has 3 aromatic rings. The van der Waals surface area contributed by atoms with Crippen LogP contribution in [0, 0.1) is 57.7 Å². The molecule has 14 nitrogen and oxygen atoms in total. The van der Waals surface area contributed by atoms with E-state index in [2.05, 4.69) is 96.6 Å². The first-order chi connectivity index (χ1) is 40.9. The summed E-state index contributed by atoms with van der Waals surface area (Å²) in [7, 11) is 1.72.